The van der Waals surface area contributed by atoms with Crippen LogP contribution in [-0.2, 0) is 5.54 Å². The molecule has 1 nitrogen and oxygen atoms in total. The summed E-state index contributed by atoms with van der Waals surface area (Å²) in [6, 6.07) is 0. The van der Waals surface area contributed by atoms with Crippen molar-refractivity contribution >= 4 is 0 Å². The van der Waals surface area contributed by atoms with E-state index in [1.54, 1.807) is 0 Å². The van der Waals surface area contributed by atoms with Crippen LogP contribution in [-0.4, -0.2) is 7.05 Å². The van der Waals surface area contributed by atoms with Gasteiger partial charge in [-0.2, -0.15) is 0 Å². The van der Waals surface area contributed by atoms with Gasteiger partial charge in [0, 0.05) is 5.54 Å². The highest BCUT2D eigenvalue weighted by molar-refractivity contribution is 5.51. The molecular formula is C15H25N. The van der Waals surface area contributed by atoms with Gasteiger partial charge in [-0.1, -0.05) is 0 Å². The average molecular weight is 219 g/mol. The smallest absolute Gasteiger partial charge is 0.0380 e. The van der Waals surface area contributed by atoms with Crippen molar-refractivity contribution in [1.82, 2.24) is 5.32 Å². The molecule has 1 heteroatoms. The lowest BCUT2D eigenvalue weighted by atomic mass is 9.81. The third-order valence-corrected chi connectivity index (χ3v) is 4.25. The van der Waals surface area contributed by atoms with E-state index in [9.17, 15) is 0 Å². The summed E-state index contributed by atoms with van der Waals surface area (Å²) in [4.78, 5) is 0. The summed E-state index contributed by atoms with van der Waals surface area (Å²) in [5.74, 6) is 0. The van der Waals surface area contributed by atoms with Gasteiger partial charge in [0.1, 0.15) is 0 Å². The van der Waals surface area contributed by atoms with Gasteiger partial charge < -0.3 is 5.32 Å². The van der Waals surface area contributed by atoms with Crippen molar-refractivity contribution in [3.05, 3.63) is 33.4 Å². The Bertz CT molecular complexity index is 385. The molecule has 0 radical (unpaired) electrons. The second kappa shape index (κ2) is 4.21. The molecule has 1 aromatic rings. The predicted octanol–water partition coefficient (Wildman–Crippen LogP) is 3.68. The summed E-state index contributed by atoms with van der Waals surface area (Å²) >= 11 is 0. The Morgan fingerprint density at radius 3 is 1.31 bits per heavy atom. The molecule has 90 valence electrons. The topological polar surface area (TPSA) is 12.0 Å². The van der Waals surface area contributed by atoms with Gasteiger partial charge in [0.2, 0.25) is 0 Å². The van der Waals surface area contributed by atoms with Crippen LogP contribution in [0.15, 0.2) is 0 Å². The fourth-order valence-corrected chi connectivity index (χ4v) is 2.56. The van der Waals surface area contributed by atoms with Crippen molar-refractivity contribution in [1.29, 1.82) is 0 Å². The molecule has 0 aliphatic rings. The molecule has 1 N–H and O–H groups in total. The maximum atomic E-state index is 3.41. The van der Waals surface area contributed by atoms with Crippen molar-refractivity contribution in [2.75, 3.05) is 7.05 Å². The standard InChI is InChI=1S/C15H25N/c1-9-10(2)12(4)14(13(5)11(9)3)15(6,7)16-8/h16H,1-8H3. The van der Waals surface area contributed by atoms with Gasteiger partial charge in [-0.15, -0.1) is 0 Å². The van der Waals surface area contributed by atoms with E-state index in [-0.39, 0.29) is 5.54 Å². The normalized spacial score (nSPS) is 12.0. The van der Waals surface area contributed by atoms with E-state index in [4.69, 9.17) is 0 Å². The summed E-state index contributed by atoms with van der Waals surface area (Å²) in [7, 11) is 2.03. The van der Waals surface area contributed by atoms with Gasteiger partial charge in [-0.25, -0.2) is 0 Å². The van der Waals surface area contributed by atoms with Crippen molar-refractivity contribution < 1.29 is 0 Å². The highest BCUT2D eigenvalue weighted by Crippen LogP contribution is 2.33. The first kappa shape index (κ1) is 13.2. The van der Waals surface area contributed by atoms with E-state index in [0.717, 1.165) is 0 Å². The number of nitrogens with one attached hydrogen (secondary N) is 1. The third-order valence-electron chi connectivity index (χ3n) is 4.25. The van der Waals surface area contributed by atoms with Gasteiger partial charge in [-0.05, 0) is 88.9 Å². The van der Waals surface area contributed by atoms with E-state index in [0.29, 0.717) is 0 Å². The Morgan fingerprint density at radius 1 is 0.688 bits per heavy atom. The van der Waals surface area contributed by atoms with Gasteiger partial charge in [-0.3, -0.25) is 0 Å². The number of rotatable bonds is 2. The molecule has 16 heavy (non-hydrogen) atoms. The van der Waals surface area contributed by atoms with Crippen molar-refractivity contribution in [2.24, 2.45) is 0 Å². The van der Waals surface area contributed by atoms with Crippen LogP contribution >= 0.6 is 0 Å². The third kappa shape index (κ3) is 1.89. The average Bonchev–Trinajstić information content (AvgIpc) is 2.23. The summed E-state index contributed by atoms with van der Waals surface area (Å²) < 4.78 is 0. The highest BCUT2D eigenvalue weighted by atomic mass is 14.9. The van der Waals surface area contributed by atoms with E-state index >= 15 is 0 Å². The summed E-state index contributed by atoms with van der Waals surface area (Å²) in [6.07, 6.45) is 0. The lowest BCUT2D eigenvalue weighted by Crippen LogP contribution is -2.35. The molecule has 0 heterocycles. The van der Waals surface area contributed by atoms with Gasteiger partial charge in [0.25, 0.3) is 0 Å². The van der Waals surface area contributed by atoms with Crippen molar-refractivity contribution in [3.63, 3.8) is 0 Å². The maximum Gasteiger partial charge on any atom is 0.0380 e. The van der Waals surface area contributed by atoms with Gasteiger partial charge in [0.15, 0.2) is 0 Å². The fraction of sp³-hybridized carbons (Fsp3) is 0.600. The van der Waals surface area contributed by atoms with Crippen LogP contribution in [0.5, 0.6) is 0 Å². The molecule has 0 saturated carbocycles. The Labute approximate surface area is 100 Å². The van der Waals surface area contributed by atoms with Crippen molar-refractivity contribution in [2.45, 2.75) is 54.0 Å². The zero-order valence-electron chi connectivity index (χ0n) is 12.0. The Kier molecular flexibility index (Phi) is 3.49. The largest absolute Gasteiger partial charge is 0.311 e. The molecule has 0 fully saturated rings. The second-order valence-corrected chi connectivity index (χ2v) is 5.38. The van der Waals surface area contributed by atoms with Crippen LogP contribution in [0.2, 0.25) is 0 Å². The van der Waals surface area contributed by atoms with Crippen LogP contribution < -0.4 is 5.32 Å². The molecular weight excluding hydrogens is 194 g/mol. The molecule has 0 spiro atoms. The molecule has 0 aliphatic heterocycles. The monoisotopic (exact) mass is 219 g/mol. The molecule has 0 aliphatic carbocycles. The van der Waals surface area contributed by atoms with Crippen LogP contribution in [0.3, 0.4) is 0 Å². The van der Waals surface area contributed by atoms with Gasteiger partial charge in [0.05, 0.1) is 0 Å². The van der Waals surface area contributed by atoms with E-state index in [2.05, 4.69) is 53.8 Å². The predicted molar refractivity (Wildman–Crippen MR) is 72.2 cm³/mol. The summed E-state index contributed by atoms with van der Waals surface area (Å²) in [6.45, 7) is 15.7. The molecule has 0 amide bonds. The molecule has 0 aromatic heterocycles. The SMILES string of the molecule is CNC(C)(C)c1c(C)c(C)c(C)c(C)c1C. The van der Waals surface area contributed by atoms with E-state index in [1.165, 1.54) is 33.4 Å². The molecule has 1 rings (SSSR count). The fourth-order valence-electron chi connectivity index (χ4n) is 2.56. The molecule has 1 aromatic carbocycles. The van der Waals surface area contributed by atoms with Crippen molar-refractivity contribution in [3.8, 4) is 0 Å². The van der Waals surface area contributed by atoms with E-state index in [1.807, 2.05) is 7.05 Å². The molecule has 0 unspecified atom stereocenters. The molecule has 0 bridgehead atoms. The zero-order valence-corrected chi connectivity index (χ0v) is 12.0. The second-order valence-electron chi connectivity index (χ2n) is 5.38. The quantitative estimate of drug-likeness (QED) is 0.800. The van der Waals surface area contributed by atoms with Crippen LogP contribution in [0.1, 0.15) is 47.2 Å². The zero-order chi connectivity index (χ0) is 12.7. The van der Waals surface area contributed by atoms with Gasteiger partial charge >= 0.3 is 0 Å². The first-order valence-electron chi connectivity index (χ1n) is 6.00. The summed E-state index contributed by atoms with van der Waals surface area (Å²) in [5, 5.41) is 3.41. The Balaban J connectivity index is 3.65. The lowest BCUT2D eigenvalue weighted by molar-refractivity contribution is 0.439. The maximum absolute atomic E-state index is 3.41. The Hall–Kier alpha value is -0.820. The highest BCUT2D eigenvalue weighted by Gasteiger charge is 2.24. The Morgan fingerprint density at radius 2 is 1.00 bits per heavy atom. The minimum atomic E-state index is 0.0391. The van der Waals surface area contributed by atoms with Crippen LogP contribution in [0, 0.1) is 34.6 Å². The van der Waals surface area contributed by atoms with Crippen LogP contribution in [0.25, 0.3) is 0 Å². The first-order valence-corrected chi connectivity index (χ1v) is 6.00. The lowest BCUT2D eigenvalue weighted by Gasteiger charge is -2.31. The molecule has 0 saturated heterocycles. The molecule has 0 atom stereocenters. The summed E-state index contributed by atoms with van der Waals surface area (Å²) in [5.41, 5.74) is 8.65. The first-order chi connectivity index (χ1) is 7.24. The van der Waals surface area contributed by atoms with Crippen LogP contribution in [0.4, 0.5) is 0 Å². The number of hydrogen-bond donors (Lipinski definition) is 1. The number of hydrogen-bond acceptors (Lipinski definition) is 1. The minimum absolute atomic E-state index is 0.0391. The van der Waals surface area contributed by atoms with E-state index < -0.39 is 0 Å². The minimum Gasteiger partial charge on any atom is -0.311 e. The number of benzene rings is 1.